The van der Waals surface area contributed by atoms with Crippen LogP contribution in [0.3, 0.4) is 0 Å². The Balaban J connectivity index is 0.000000281. The van der Waals surface area contributed by atoms with Crippen LogP contribution in [0.1, 0.15) is 123 Å². The van der Waals surface area contributed by atoms with E-state index in [0.29, 0.717) is 6.61 Å². The summed E-state index contributed by atoms with van der Waals surface area (Å²) in [6.07, 6.45) is 17.1. The first-order chi connectivity index (χ1) is 24.0. The molecular formula is C46H71NO2. The fourth-order valence-corrected chi connectivity index (χ4v) is 5.94. The highest BCUT2D eigenvalue weighted by molar-refractivity contribution is 5.83. The summed E-state index contributed by atoms with van der Waals surface area (Å²) in [6, 6.07) is 30.7. The zero-order chi connectivity index (χ0) is 35.5. The maximum absolute atomic E-state index is 9.77. The standard InChI is InChI=1S/C21H28O2.C16H21N.C7H16.C2H6/c22-21(15-18-9-10-18)16-23-13-5-1-2-6-17-11-12-19-7-3-4-8-20(19)14-17;1-17-12-6-2-3-7-14-10-11-15-8-4-5-9-16(15)13-14;1-4-5-6-7(2)3;1-2/h3-4,7-8,11-12,14,18,21-22H,1-2,5-6,9-10,13,15-16H2;4-5,8-11,13,17H,2-3,6-7,12H2,1H3;7H,4-6H2,1-3H3;1-2H3. The van der Waals surface area contributed by atoms with Crippen LogP contribution in [0.5, 0.6) is 0 Å². The average Bonchev–Trinajstić information content (AvgIpc) is 3.95. The van der Waals surface area contributed by atoms with Gasteiger partial charge in [-0.05, 0) is 103 Å². The van der Waals surface area contributed by atoms with E-state index in [4.69, 9.17) is 4.74 Å². The highest BCUT2D eigenvalue weighted by atomic mass is 16.5. The van der Waals surface area contributed by atoms with Crippen molar-refractivity contribution in [1.29, 1.82) is 0 Å². The van der Waals surface area contributed by atoms with Crippen LogP contribution in [-0.4, -0.2) is 38.0 Å². The normalized spacial score (nSPS) is 12.8. The van der Waals surface area contributed by atoms with Crippen molar-refractivity contribution in [2.45, 2.75) is 131 Å². The lowest BCUT2D eigenvalue weighted by Gasteiger charge is -2.10. The van der Waals surface area contributed by atoms with Crippen LogP contribution in [-0.2, 0) is 17.6 Å². The summed E-state index contributed by atoms with van der Waals surface area (Å²) in [5, 5.41) is 18.3. The van der Waals surface area contributed by atoms with Crippen molar-refractivity contribution in [3.8, 4) is 0 Å². The molecule has 1 atom stereocenters. The Morgan fingerprint density at radius 2 is 1.22 bits per heavy atom. The summed E-state index contributed by atoms with van der Waals surface area (Å²) in [6.45, 7) is 13.2. The largest absolute Gasteiger partial charge is 0.391 e. The summed E-state index contributed by atoms with van der Waals surface area (Å²) in [7, 11) is 2.02. The van der Waals surface area contributed by atoms with E-state index in [1.54, 1.807) is 0 Å². The molecule has 1 aliphatic rings. The summed E-state index contributed by atoms with van der Waals surface area (Å²) >= 11 is 0. The first kappa shape index (κ1) is 42.4. The SMILES string of the molecule is CC.CCCCC(C)C.CNCCCCCc1ccc2ccccc2c1.OC(COCCCCCc1ccc2ccccc2c1)CC1CC1. The Labute approximate surface area is 301 Å². The lowest BCUT2D eigenvalue weighted by molar-refractivity contribution is 0.0283. The van der Waals surface area contributed by atoms with Crippen molar-refractivity contribution in [2.75, 3.05) is 26.8 Å². The van der Waals surface area contributed by atoms with Crippen LogP contribution in [0.15, 0.2) is 84.9 Å². The number of aliphatic hydroxyl groups excluding tert-OH is 1. The molecule has 0 aromatic heterocycles. The van der Waals surface area contributed by atoms with Crippen LogP contribution in [0, 0.1) is 11.8 Å². The molecule has 5 rings (SSSR count). The smallest absolute Gasteiger partial charge is 0.0776 e. The third kappa shape index (κ3) is 19.9. The Morgan fingerprint density at radius 1 is 0.694 bits per heavy atom. The average molecular weight is 670 g/mol. The van der Waals surface area contributed by atoms with Gasteiger partial charge in [0.2, 0.25) is 0 Å². The second-order valence-corrected chi connectivity index (χ2v) is 14.0. The Kier molecular flexibility index (Phi) is 23.4. The maximum atomic E-state index is 9.77. The molecule has 49 heavy (non-hydrogen) atoms. The van der Waals surface area contributed by atoms with Crippen LogP contribution < -0.4 is 5.32 Å². The van der Waals surface area contributed by atoms with Gasteiger partial charge in [0, 0.05) is 6.61 Å². The number of ether oxygens (including phenoxy) is 1. The van der Waals surface area contributed by atoms with E-state index >= 15 is 0 Å². The second kappa shape index (κ2) is 27.1. The maximum Gasteiger partial charge on any atom is 0.0776 e. The van der Waals surface area contributed by atoms with E-state index in [1.807, 2.05) is 20.9 Å². The molecule has 0 aliphatic heterocycles. The summed E-state index contributed by atoms with van der Waals surface area (Å²) in [4.78, 5) is 0. The van der Waals surface area contributed by atoms with Gasteiger partial charge in [-0.25, -0.2) is 0 Å². The number of nitrogens with one attached hydrogen (secondary N) is 1. The van der Waals surface area contributed by atoms with E-state index in [-0.39, 0.29) is 6.10 Å². The van der Waals surface area contributed by atoms with Gasteiger partial charge in [0.05, 0.1) is 12.7 Å². The number of benzene rings is 4. The molecule has 4 aromatic carbocycles. The van der Waals surface area contributed by atoms with Gasteiger partial charge in [0.1, 0.15) is 0 Å². The summed E-state index contributed by atoms with van der Waals surface area (Å²) in [5.41, 5.74) is 2.89. The summed E-state index contributed by atoms with van der Waals surface area (Å²) < 4.78 is 5.58. The van der Waals surface area contributed by atoms with Gasteiger partial charge in [-0.3, -0.25) is 0 Å². The molecule has 4 aromatic rings. The van der Waals surface area contributed by atoms with Crippen molar-refractivity contribution in [2.24, 2.45) is 11.8 Å². The molecule has 3 heteroatoms. The first-order valence-electron chi connectivity index (χ1n) is 19.8. The zero-order valence-corrected chi connectivity index (χ0v) is 32.2. The van der Waals surface area contributed by atoms with Crippen LogP contribution in [0.2, 0.25) is 0 Å². The molecule has 1 aliphatic carbocycles. The van der Waals surface area contributed by atoms with Crippen molar-refractivity contribution in [3.05, 3.63) is 96.1 Å². The van der Waals surface area contributed by atoms with Gasteiger partial charge in [0.25, 0.3) is 0 Å². The van der Waals surface area contributed by atoms with Crippen LogP contribution in [0.4, 0.5) is 0 Å². The number of rotatable bonds is 19. The molecule has 0 radical (unpaired) electrons. The molecule has 0 amide bonds. The fourth-order valence-electron chi connectivity index (χ4n) is 5.94. The highest BCUT2D eigenvalue weighted by Crippen LogP contribution is 2.33. The molecule has 0 spiro atoms. The van der Waals surface area contributed by atoms with Gasteiger partial charge in [0.15, 0.2) is 0 Å². The Hall–Kier alpha value is -2.72. The van der Waals surface area contributed by atoms with Crippen molar-refractivity contribution >= 4 is 21.5 Å². The van der Waals surface area contributed by atoms with Crippen molar-refractivity contribution in [1.82, 2.24) is 5.32 Å². The van der Waals surface area contributed by atoms with E-state index in [9.17, 15) is 5.11 Å². The summed E-state index contributed by atoms with van der Waals surface area (Å²) in [5.74, 6) is 1.68. The topological polar surface area (TPSA) is 41.5 Å². The molecule has 1 fully saturated rings. The predicted octanol–water partition coefficient (Wildman–Crippen LogP) is 12.4. The van der Waals surface area contributed by atoms with E-state index < -0.39 is 0 Å². The lowest BCUT2D eigenvalue weighted by atomic mass is 10.0. The number of hydrogen-bond donors (Lipinski definition) is 2. The van der Waals surface area contributed by atoms with Gasteiger partial charge < -0.3 is 15.2 Å². The Morgan fingerprint density at radius 3 is 1.69 bits per heavy atom. The quantitative estimate of drug-likeness (QED) is 0.0976. The molecule has 0 bridgehead atoms. The van der Waals surface area contributed by atoms with E-state index in [0.717, 1.165) is 44.2 Å². The number of hydrogen-bond acceptors (Lipinski definition) is 3. The highest BCUT2D eigenvalue weighted by Gasteiger charge is 2.24. The third-order valence-corrected chi connectivity index (χ3v) is 9.02. The molecule has 0 heterocycles. The van der Waals surface area contributed by atoms with Gasteiger partial charge >= 0.3 is 0 Å². The lowest BCUT2D eigenvalue weighted by Crippen LogP contribution is -2.16. The van der Waals surface area contributed by atoms with E-state index in [2.05, 4.69) is 111 Å². The zero-order valence-electron chi connectivity index (χ0n) is 32.2. The van der Waals surface area contributed by atoms with Gasteiger partial charge in [-0.2, -0.15) is 0 Å². The molecular weight excluding hydrogens is 599 g/mol. The number of unbranched alkanes of at least 4 members (excludes halogenated alkanes) is 5. The second-order valence-electron chi connectivity index (χ2n) is 14.0. The minimum absolute atomic E-state index is 0.250. The minimum atomic E-state index is -0.250. The van der Waals surface area contributed by atoms with E-state index in [1.165, 1.54) is 103 Å². The van der Waals surface area contributed by atoms with Gasteiger partial charge in [-0.1, -0.05) is 164 Å². The molecule has 272 valence electrons. The van der Waals surface area contributed by atoms with Crippen LogP contribution in [0.25, 0.3) is 21.5 Å². The Bertz CT molecular complexity index is 1360. The third-order valence-electron chi connectivity index (χ3n) is 9.02. The van der Waals surface area contributed by atoms with Crippen molar-refractivity contribution < 1.29 is 9.84 Å². The number of aliphatic hydroxyl groups is 1. The molecule has 0 saturated heterocycles. The van der Waals surface area contributed by atoms with Gasteiger partial charge in [-0.15, -0.1) is 0 Å². The number of aryl methyl sites for hydroxylation is 2. The number of fused-ring (bicyclic) bond motifs is 2. The molecule has 2 N–H and O–H groups in total. The fraction of sp³-hybridized carbons (Fsp3) is 0.565. The van der Waals surface area contributed by atoms with Crippen molar-refractivity contribution in [3.63, 3.8) is 0 Å². The van der Waals surface area contributed by atoms with Crippen LogP contribution >= 0.6 is 0 Å². The molecule has 1 saturated carbocycles. The molecule has 1 unspecified atom stereocenters. The predicted molar refractivity (Wildman–Crippen MR) is 217 cm³/mol. The minimum Gasteiger partial charge on any atom is -0.391 e. The first-order valence-corrected chi connectivity index (χ1v) is 19.8. The molecule has 3 nitrogen and oxygen atoms in total. The monoisotopic (exact) mass is 670 g/mol.